The molecule has 0 aliphatic carbocycles. The highest BCUT2D eigenvalue weighted by atomic mass is 32.2. The van der Waals surface area contributed by atoms with Crippen LogP contribution in [0.4, 0.5) is 5.69 Å². The van der Waals surface area contributed by atoms with E-state index in [0.29, 0.717) is 17.9 Å². The molecular formula is C17H25N3O2S. The summed E-state index contributed by atoms with van der Waals surface area (Å²) in [5, 5.41) is 4.34. The second kappa shape index (κ2) is 7.17. The number of para-hydroxylation sites is 1. The van der Waals surface area contributed by atoms with Gasteiger partial charge in [0.2, 0.25) is 0 Å². The van der Waals surface area contributed by atoms with Gasteiger partial charge in [0.05, 0.1) is 11.4 Å². The van der Waals surface area contributed by atoms with Gasteiger partial charge in [-0.05, 0) is 39.3 Å². The summed E-state index contributed by atoms with van der Waals surface area (Å²) in [6.45, 7) is 8.23. The number of aryl methyl sites for hydroxylation is 1. The van der Waals surface area contributed by atoms with Crippen LogP contribution in [0.2, 0.25) is 0 Å². The topological polar surface area (TPSA) is 55.2 Å². The van der Waals surface area contributed by atoms with Crippen LogP contribution in [-0.2, 0) is 10.0 Å². The van der Waals surface area contributed by atoms with Gasteiger partial charge in [0.25, 0.3) is 10.0 Å². The van der Waals surface area contributed by atoms with E-state index in [2.05, 4.69) is 12.0 Å². The summed E-state index contributed by atoms with van der Waals surface area (Å²) in [7, 11) is -3.62. The first kappa shape index (κ1) is 17.5. The molecule has 1 aromatic heterocycles. The SMILES string of the molecule is CCCCN(c1ccccc1)S(=O)(=O)c1cn(C(C)C)nc1C. The number of unbranched alkanes of at least 4 members (excludes halogenated alkanes) is 1. The minimum absolute atomic E-state index is 0.124. The van der Waals surface area contributed by atoms with E-state index in [9.17, 15) is 8.42 Å². The molecule has 1 heterocycles. The maximum Gasteiger partial charge on any atom is 0.267 e. The molecule has 1 aromatic carbocycles. The van der Waals surface area contributed by atoms with Gasteiger partial charge in [-0.25, -0.2) is 8.42 Å². The molecule has 0 spiro atoms. The number of benzene rings is 1. The highest BCUT2D eigenvalue weighted by molar-refractivity contribution is 7.92. The van der Waals surface area contributed by atoms with Crippen molar-refractivity contribution in [2.24, 2.45) is 0 Å². The molecule has 23 heavy (non-hydrogen) atoms. The monoisotopic (exact) mass is 335 g/mol. The number of rotatable bonds is 7. The normalized spacial score (nSPS) is 11.9. The first-order chi connectivity index (χ1) is 10.9. The molecule has 0 radical (unpaired) electrons. The predicted octanol–water partition coefficient (Wildman–Crippen LogP) is 3.77. The first-order valence-electron chi connectivity index (χ1n) is 8.01. The number of nitrogens with zero attached hydrogens (tertiary/aromatic N) is 3. The summed E-state index contributed by atoms with van der Waals surface area (Å²) in [5.74, 6) is 0. The van der Waals surface area contributed by atoms with E-state index in [1.807, 2.05) is 44.2 Å². The van der Waals surface area contributed by atoms with Crippen molar-refractivity contribution in [2.45, 2.75) is 51.5 Å². The predicted molar refractivity (Wildman–Crippen MR) is 93.2 cm³/mol. The zero-order chi connectivity index (χ0) is 17.0. The minimum atomic E-state index is -3.62. The van der Waals surface area contributed by atoms with Gasteiger partial charge in [-0.3, -0.25) is 8.99 Å². The maximum absolute atomic E-state index is 13.2. The number of hydrogen-bond donors (Lipinski definition) is 0. The summed E-state index contributed by atoms with van der Waals surface area (Å²) in [6, 6.07) is 9.38. The molecule has 0 bridgehead atoms. The number of aromatic nitrogens is 2. The second-order valence-electron chi connectivity index (χ2n) is 5.92. The molecule has 0 saturated carbocycles. The Kier molecular flexibility index (Phi) is 5.46. The van der Waals surface area contributed by atoms with Crippen molar-refractivity contribution in [1.82, 2.24) is 9.78 Å². The van der Waals surface area contributed by atoms with Crippen LogP contribution < -0.4 is 4.31 Å². The van der Waals surface area contributed by atoms with Crippen LogP contribution in [0, 0.1) is 6.92 Å². The standard InChI is InChI=1S/C17H25N3O2S/c1-5-6-12-20(16-10-8-7-9-11-16)23(21,22)17-13-19(14(2)3)18-15(17)4/h7-11,13-14H,5-6,12H2,1-4H3. The molecule has 0 fully saturated rings. The summed E-state index contributed by atoms with van der Waals surface area (Å²) in [6.07, 6.45) is 3.38. The van der Waals surface area contributed by atoms with E-state index in [1.54, 1.807) is 17.8 Å². The summed E-state index contributed by atoms with van der Waals surface area (Å²) < 4.78 is 29.5. The van der Waals surface area contributed by atoms with Crippen LogP contribution in [0.15, 0.2) is 41.4 Å². The third kappa shape index (κ3) is 3.75. The Morgan fingerprint density at radius 2 is 1.87 bits per heavy atom. The molecule has 6 heteroatoms. The average Bonchev–Trinajstić information content (AvgIpc) is 2.91. The van der Waals surface area contributed by atoms with E-state index in [-0.39, 0.29) is 10.9 Å². The Bertz CT molecular complexity index is 736. The lowest BCUT2D eigenvalue weighted by Gasteiger charge is -2.24. The molecule has 0 aliphatic heterocycles. The molecule has 0 amide bonds. The quantitative estimate of drug-likeness (QED) is 0.774. The molecule has 2 aromatic rings. The fraction of sp³-hybridized carbons (Fsp3) is 0.471. The van der Waals surface area contributed by atoms with Crippen LogP contribution >= 0.6 is 0 Å². The van der Waals surface area contributed by atoms with Crippen molar-refractivity contribution in [1.29, 1.82) is 0 Å². The van der Waals surface area contributed by atoms with Crippen molar-refractivity contribution < 1.29 is 8.42 Å². The van der Waals surface area contributed by atoms with Gasteiger partial charge in [-0.2, -0.15) is 5.10 Å². The smallest absolute Gasteiger partial charge is 0.267 e. The molecule has 126 valence electrons. The van der Waals surface area contributed by atoms with Crippen LogP contribution in [0.3, 0.4) is 0 Å². The van der Waals surface area contributed by atoms with E-state index in [0.717, 1.165) is 12.8 Å². The van der Waals surface area contributed by atoms with Gasteiger partial charge in [0.1, 0.15) is 4.90 Å². The van der Waals surface area contributed by atoms with Gasteiger partial charge in [0.15, 0.2) is 0 Å². The average molecular weight is 335 g/mol. The van der Waals surface area contributed by atoms with E-state index in [1.165, 1.54) is 4.31 Å². The summed E-state index contributed by atoms with van der Waals surface area (Å²) in [5.41, 5.74) is 1.23. The van der Waals surface area contributed by atoms with Gasteiger partial charge >= 0.3 is 0 Å². The van der Waals surface area contributed by atoms with Gasteiger partial charge in [-0.15, -0.1) is 0 Å². The van der Waals surface area contributed by atoms with E-state index < -0.39 is 10.0 Å². The molecule has 0 atom stereocenters. The zero-order valence-electron chi connectivity index (χ0n) is 14.2. The second-order valence-corrected chi connectivity index (χ2v) is 7.75. The third-order valence-electron chi connectivity index (χ3n) is 3.73. The van der Waals surface area contributed by atoms with Crippen LogP contribution in [0.1, 0.15) is 45.3 Å². The van der Waals surface area contributed by atoms with Crippen molar-refractivity contribution in [3.05, 3.63) is 42.2 Å². The lowest BCUT2D eigenvalue weighted by atomic mass is 10.3. The Morgan fingerprint density at radius 3 is 2.39 bits per heavy atom. The Labute approximate surface area is 139 Å². The van der Waals surface area contributed by atoms with Crippen molar-refractivity contribution in [2.75, 3.05) is 10.8 Å². The summed E-state index contributed by atoms with van der Waals surface area (Å²) >= 11 is 0. The van der Waals surface area contributed by atoms with Crippen molar-refractivity contribution in [3.8, 4) is 0 Å². The lowest BCUT2D eigenvalue weighted by molar-refractivity contribution is 0.528. The Hall–Kier alpha value is -1.82. The van der Waals surface area contributed by atoms with Crippen LogP contribution in [0.5, 0.6) is 0 Å². The number of hydrogen-bond acceptors (Lipinski definition) is 3. The molecule has 0 unspecified atom stereocenters. The fourth-order valence-electron chi connectivity index (χ4n) is 2.39. The van der Waals surface area contributed by atoms with Crippen molar-refractivity contribution in [3.63, 3.8) is 0 Å². The summed E-state index contributed by atoms with van der Waals surface area (Å²) in [4.78, 5) is 0.283. The number of sulfonamides is 1. The van der Waals surface area contributed by atoms with Gasteiger partial charge < -0.3 is 0 Å². The van der Waals surface area contributed by atoms with Crippen LogP contribution in [0.25, 0.3) is 0 Å². The van der Waals surface area contributed by atoms with E-state index in [4.69, 9.17) is 0 Å². The highest BCUT2D eigenvalue weighted by Crippen LogP contribution is 2.26. The molecular weight excluding hydrogens is 310 g/mol. The first-order valence-corrected chi connectivity index (χ1v) is 9.45. The fourth-order valence-corrected chi connectivity index (χ4v) is 4.05. The molecule has 0 saturated heterocycles. The van der Waals surface area contributed by atoms with E-state index >= 15 is 0 Å². The highest BCUT2D eigenvalue weighted by Gasteiger charge is 2.28. The Balaban J connectivity index is 2.48. The third-order valence-corrected chi connectivity index (χ3v) is 5.66. The van der Waals surface area contributed by atoms with Gasteiger partial charge in [0, 0.05) is 18.8 Å². The molecule has 0 aliphatic rings. The zero-order valence-corrected chi connectivity index (χ0v) is 15.0. The van der Waals surface area contributed by atoms with Crippen LogP contribution in [-0.4, -0.2) is 24.7 Å². The largest absolute Gasteiger partial charge is 0.269 e. The molecule has 2 rings (SSSR count). The number of anilines is 1. The maximum atomic E-state index is 13.2. The molecule has 5 nitrogen and oxygen atoms in total. The Morgan fingerprint density at radius 1 is 1.22 bits per heavy atom. The van der Waals surface area contributed by atoms with Gasteiger partial charge in [-0.1, -0.05) is 31.5 Å². The molecule has 0 N–H and O–H groups in total. The minimum Gasteiger partial charge on any atom is -0.269 e. The van der Waals surface area contributed by atoms with Crippen molar-refractivity contribution >= 4 is 15.7 Å². The lowest BCUT2D eigenvalue weighted by Crippen LogP contribution is -2.32.